The van der Waals surface area contributed by atoms with Crippen molar-refractivity contribution in [2.24, 2.45) is 0 Å². The minimum Gasteiger partial charge on any atom is -0.485 e. The number of nitrogens with one attached hydrogen (secondary N) is 1. The number of rotatable bonds is 8. The second-order valence-electron chi connectivity index (χ2n) is 5.96. The summed E-state index contributed by atoms with van der Waals surface area (Å²) in [5.41, 5.74) is 2.20. The molecular weight excluding hydrogens is 340 g/mol. The number of nitrogens with zero attached hydrogens (tertiary/aromatic N) is 1. The normalized spacial score (nSPS) is 10.3. The van der Waals surface area contributed by atoms with Crippen LogP contribution in [0.25, 0.3) is 0 Å². The van der Waals surface area contributed by atoms with Crippen LogP contribution in [0.5, 0.6) is 11.5 Å². The lowest BCUT2D eigenvalue weighted by atomic mass is 10.2. The molecule has 0 spiro atoms. The van der Waals surface area contributed by atoms with Gasteiger partial charge in [-0.05, 0) is 41.8 Å². The lowest BCUT2D eigenvalue weighted by Crippen LogP contribution is -2.21. The Kier molecular flexibility index (Phi) is 6.41. The number of pyridine rings is 1. The van der Waals surface area contributed by atoms with Crippen LogP contribution in [0.2, 0.25) is 0 Å². The summed E-state index contributed by atoms with van der Waals surface area (Å²) in [4.78, 5) is 16.4. The van der Waals surface area contributed by atoms with E-state index in [9.17, 15) is 4.79 Å². The van der Waals surface area contributed by atoms with Crippen molar-refractivity contribution in [3.05, 3.63) is 84.1 Å². The lowest BCUT2D eigenvalue weighted by Gasteiger charge is -2.12. The Bertz CT molecular complexity index is 881. The van der Waals surface area contributed by atoms with Gasteiger partial charge in [0, 0.05) is 6.20 Å². The average Bonchev–Trinajstić information content (AvgIpc) is 2.72. The number of benzene rings is 2. The van der Waals surface area contributed by atoms with E-state index in [1.807, 2.05) is 54.6 Å². The number of amides is 1. The number of carbonyl (C=O) groups excluding carboxylic acids is 1. The maximum absolute atomic E-state index is 12.2. The lowest BCUT2D eigenvalue weighted by molar-refractivity contribution is -0.118. The van der Waals surface area contributed by atoms with E-state index in [1.54, 1.807) is 18.3 Å². The van der Waals surface area contributed by atoms with Crippen LogP contribution in [0.15, 0.2) is 72.9 Å². The highest BCUT2D eigenvalue weighted by Gasteiger charge is 2.10. The van der Waals surface area contributed by atoms with E-state index in [0.29, 0.717) is 23.9 Å². The highest BCUT2D eigenvalue weighted by atomic mass is 16.5. The molecule has 5 nitrogen and oxygen atoms in total. The molecule has 0 fully saturated rings. The molecule has 0 saturated heterocycles. The van der Waals surface area contributed by atoms with E-state index < -0.39 is 0 Å². The van der Waals surface area contributed by atoms with Crippen LogP contribution >= 0.6 is 0 Å². The van der Waals surface area contributed by atoms with Crippen LogP contribution in [0.3, 0.4) is 0 Å². The van der Waals surface area contributed by atoms with Gasteiger partial charge in [0.2, 0.25) is 0 Å². The second-order valence-corrected chi connectivity index (χ2v) is 5.96. The minimum atomic E-state index is -0.292. The van der Waals surface area contributed by atoms with Crippen LogP contribution < -0.4 is 14.8 Å². The summed E-state index contributed by atoms with van der Waals surface area (Å²) in [5, 5.41) is 2.75. The summed E-state index contributed by atoms with van der Waals surface area (Å²) in [6.45, 7) is 2.38. The largest absolute Gasteiger partial charge is 0.485 e. The van der Waals surface area contributed by atoms with Crippen molar-refractivity contribution in [2.75, 3.05) is 11.9 Å². The minimum absolute atomic E-state index is 0.0954. The summed E-state index contributed by atoms with van der Waals surface area (Å²) in [6, 6.07) is 21.1. The van der Waals surface area contributed by atoms with Crippen molar-refractivity contribution in [3.8, 4) is 11.5 Å². The first-order valence-electron chi connectivity index (χ1n) is 8.88. The van der Waals surface area contributed by atoms with E-state index in [0.717, 1.165) is 17.5 Å². The van der Waals surface area contributed by atoms with Gasteiger partial charge in [-0.3, -0.25) is 4.79 Å². The molecule has 1 aromatic heterocycles. The summed E-state index contributed by atoms with van der Waals surface area (Å²) in [6.07, 6.45) is 2.52. The Hall–Kier alpha value is -3.34. The van der Waals surface area contributed by atoms with Gasteiger partial charge in [0.25, 0.3) is 5.91 Å². The van der Waals surface area contributed by atoms with Gasteiger partial charge < -0.3 is 14.8 Å². The molecule has 1 amide bonds. The van der Waals surface area contributed by atoms with Crippen LogP contribution in [0.4, 0.5) is 5.82 Å². The number of aryl methyl sites for hydroxylation is 1. The van der Waals surface area contributed by atoms with Gasteiger partial charge in [0.1, 0.15) is 12.4 Å². The quantitative estimate of drug-likeness (QED) is 0.651. The van der Waals surface area contributed by atoms with Crippen LogP contribution in [0.1, 0.15) is 18.1 Å². The van der Waals surface area contributed by atoms with E-state index >= 15 is 0 Å². The van der Waals surface area contributed by atoms with E-state index in [2.05, 4.69) is 17.2 Å². The molecule has 0 bridgehead atoms. The molecule has 0 atom stereocenters. The van der Waals surface area contributed by atoms with Gasteiger partial charge >= 0.3 is 0 Å². The van der Waals surface area contributed by atoms with Crippen LogP contribution in [-0.4, -0.2) is 17.5 Å². The highest BCUT2D eigenvalue weighted by molar-refractivity contribution is 5.92. The molecule has 0 aliphatic heterocycles. The first kappa shape index (κ1) is 18.5. The van der Waals surface area contributed by atoms with Crippen molar-refractivity contribution in [1.82, 2.24) is 4.98 Å². The average molecular weight is 362 g/mol. The Morgan fingerprint density at radius 2 is 1.78 bits per heavy atom. The SMILES string of the molecule is CCc1cccc(OCC(=O)Nc2ncccc2OCc2ccccc2)c1. The smallest absolute Gasteiger partial charge is 0.263 e. The molecule has 0 aliphatic rings. The molecule has 0 saturated carbocycles. The molecule has 1 N–H and O–H groups in total. The molecule has 138 valence electrons. The van der Waals surface area contributed by atoms with Gasteiger partial charge in [-0.15, -0.1) is 0 Å². The van der Waals surface area contributed by atoms with Gasteiger partial charge in [-0.1, -0.05) is 49.4 Å². The molecule has 0 radical (unpaired) electrons. The maximum atomic E-state index is 12.2. The van der Waals surface area contributed by atoms with E-state index in [-0.39, 0.29) is 12.5 Å². The second kappa shape index (κ2) is 9.38. The number of hydrogen-bond donors (Lipinski definition) is 1. The third-order valence-corrected chi connectivity index (χ3v) is 3.94. The van der Waals surface area contributed by atoms with Gasteiger partial charge in [0.15, 0.2) is 18.2 Å². The predicted molar refractivity (Wildman–Crippen MR) is 105 cm³/mol. The Morgan fingerprint density at radius 1 is 0.963 bits per heavy atom. The number of ether oxygens (including phenoxy) is 2. The zero-order chi connectivity index (χ0) is 18.9. The summed E-state index contributed by atoms with van der Waals surface area (Å²) >= 11 is 0. The van der Waals surface area contributed by atoms with Crippen molar-refractivity contribution in [3.63, 3.8) is 0 Å². The van der Waals surface area contributed by atoms with E-state index in [4.69, 9.17) is 9.47 Å². The third kappa shape index (κ3) is 5.57. The predicted octanol–water partition coefficient (Wildman–Crippen LogP) is 4.24. The number of hydrogen-bond acceptors (Lipinski definition) is 4. The first-order chi connectivity index (χ1) is 13.2. The summed E-state index contributed by atoms with van der Waals surface area (Å²) in [7, 11) is 0. The molecule has 5 heteroatoms. The van der Waals surface area contributed by atoms with Crippen molar-refractivity contribution >= 4 is 11.7 Å². The first-order valence-corrected chi connectivity index (χ1v) is 8.88. The molecular formula is C22H22N2O3. The summed E-state index contributed by atoms with van der Waals surface area (Å²) < 4.78 is 11.4. The third-order valence-electron chi connectivity index (χ3n) is 3.94. The molecule has 0 aliphatic carbocycles. The van der Waals surface area contributed by atoms with E-state index in [1.165, 1.54) is 0 Å². The Balaban J connectivity index is 1.57. The van der Waals surface area contributed by atoms with Crippen LogP contribution in [0, 0.1) is 0 Å². The zero-order valence-electron chi connectivity index (χ0n) is 15.2. The van der Waals surface area contributed by atoms with Gasteiger partial charge in [-0.2, -0.15) is 0 Å². The zero-order valence-corrected chi connectivity index (χ0v) is 15.2. The maximum Gasteiger partial charge on any atom is 0.263 e. The van der Waals surface area contributed by atoms with Gasteiger partial charge in [0.05, 0.1) is 0 Å². The fourth-order valence-electron chi connectivity index (χ4n) is 2.51. The molecule has 1 heterocycles. The molecule has 3 rings (SSSR count). The fourth-order valence-corrected chi connectivity index (χ4v) is 2.51. The summed E-state index contributed by atoms with van der Waals surface area (Å²) in [5.74, 6) is 1.28. The number of carbonyl (C=O) groups is 1. The van der Waals surface area contributed by atoms with Crippen molar-refractivity contribution < 1.29 is 14.3 Å². The number of anilines is 1. The fraction of sp³-hybridized carbons (Fsp3) is 0.182. The van der Waals surface area contributed by atoms with Crippen molar-refractivity contribution in [1.29, 1.82) is 0 Å². The molecule has 2 aromatic carbocycles. The van der Waals surface area contributed by atoms with Crippen molar-refractivity contribution in [2.45, 2.75) is 20.0 Å². The number of aromatic nitrogens is 1. The standard InChI is InChI=1S/C22H22N2O3/c1-2-17-10-6-11-19(14-17)26-16-21(25)24-22-20(12-7-13-23-22)27-15-18-8-4-3-5-9-18/h3-14H,2,15-16H2,1H3,(H,23,24,25). The topological polar surface area (TPSA) is 60.5 Å². The molecule has 3 aromatic rings. The Labute approximate surface area is 159 Å². The molecule has 27 heavy (non-hydrogen) atoms. The highest BCUT2D eigenvalue weighted by Crippen LogP contribution is 2.22. The monoisotopic (exact) mass is 362 g/mol. The van der Waals surface area contributed by atoms with Gasteiger partial charge in [-0.25, -0.2) is 4.98 Å². The Morgan fingerprint density at radius 3 is 2.59 bits per heavy atom. The molecule has 0 unspecified atom stereocenters. The van der Waals surface area contributed by atoms with Crippen LogP contribution in [-0.2, 0) is 17.8 Å².